The van der Waals surface area contributed by atoms with Crippen LogP contribution >= 0.6 is 0 Å². The number of carboxylic acid groups (broad SMARTS) is 1. The first kappa shape index (κ1) is 13.3. The molecule has 0 spiro atoms. The molecule has 0 aliphatic carbocycles. The molecule has 0 radical (unpaired) electrons. The highest BCUT2D eigenvalue weighted by Gasteiger charge is 2.26. The fraction of sp³-hybridized carbons (Fsp3) is 0.125. The van der Waals surface area contributed by atoms with Crippen LogP contribution in [0.3, 0.4) is 0 Å². The molecule has 21 heavy (non-hydrogen) atoms. The summed E-state index contributed by atoms with van der Waals surface area (Å²) < 4.78 is 13.7. The monoisotopic (exact) mass is 285 g/mol. The summed E-state index contributed by atoms with van der Waals surface area (Å²) in [5, 5.41) is 8.80. The summed E-state index contributed by atoms with van der Waals surface area (Å²) in [6.45, 7) is 0.738. The van der Waals surface area contributed by atoms with Crippen LogP contribution in [0.4, 0.5) is 4.39 Å². The van der Waals surface area contributed by atoms with Gasteiger partial charge in [-0.05, 0) is 29.3 Å². The number of carbonyl (C=O) groups is 2. The van der Waals surface area contributed by atoms with E-state index in [2.05, 4.69) is 0 Å². The Morgan fingerprint density at radius 2 is 2.00 bits per heavy atom. The van der Waals surface area contributed by atoms with Crippen molar-refractivity contribution in [2.24, 2.45) is 0 Å². The number of halogens is 1. The summed E-state index contributed by atoms with van der Waals surface area (Å²) in [5.41, 5.74) is 1.82. The fourth-order valence-electron chi connectivity index (χ4n) is 2.49. The van der Waals surface area contributed by atoms with E-state index in [-0.39, 0.29) is 18.0 Å². The molecule has 0 bridgehead atoms. The number of amides is 1. The Morgan fingerprint density at radius 1 is 1.24 bits per heavy atom. The second-order valence-corrected chi connectivity index (χ2v) is 4.94. The summed E-state index contributed by atoms with van der Waals surface area (Å²) in [4.78, 5) is 24.6. The number of carbonyl (C=O) groups excluding carboxylic acids is 1. The second kappa shape index (κ2) is 5.01. The number of carboxylic acids is 1. The van der Waals surface area contributed by atoms with Crippen molar-refractivity contribution in [3.63, 3.8) is 0 Å². The van der Waals surface area contributed by atoms with Crippen molar-refractivity contribution in [2.45, 2.75) is 13.1 Å². The minimum absolute atomic E-state index is 0.0895. The molecule has 106 valence electrons. The summed E-state index contributed by atoms with van der Waals surface area (Å²) in [7, 11) is 0. The van der Waals surface area contributed by atoms with Gasteiger partial charge in [-0.2, -0.15) is 0 Å². The van der Waals surface area contributed by atoms with Gasteiger partial charge in [-0.25, -0.2) is 9.18 Å². The third-order valence-corrected chi connectivity index (χ3v) is 3.53. The van der Waals surface area contributed by atoms with Gasteiger partial charge in [0.2, 0.25) is 0 Å². The van der Waals surface area contributed by atoms with Crippen molar-refractivity contribution >= 4 is 11.9 Å². The zero-order valence-electron chi connectivity index (χ0n) is 11.0. The van der Waals surface area contributed by atoms with Crippen molar-refractivity contribution in [1.29, 1.82) is 0 Å². The minimum atomic E-state index is -1.30. The average Bonchev–Trinajstić information content (AvgIpc) is 2.76. The van der Waals surface area contributed by atoms with Crippen LogP contribution in [0.1, 0.15) is 31.8 Å². The molecule has 0 saturated heterocycles. The standard InChI is InChI=1S/C16H12FNO3/c17-14-7-10(5-6-13(14)16(20)21)8-18-9-11-3-1-2-4-12(11)15(18)19/h1-7H,8-9H2,(H,20,21). The van der Waals surface area contributed by atoms with Crippen LogP contribution in [0, 0.1) is 5.82 Å². The maximum Gasteiger partial charge on any atom is 0.338 e. The van der Waals surface area contributed by atoms with Crippen molar-refractivity contribution in [3.8, 4) is 0 Å². The molecule has 1 heterocycles. The molecule has 0 aromatic heterocycles. The topological polar surface area (TPSA) is 57.6 Å². The Kier molecular flexibility index (Phi) is 3.17. The SMILES string of the molecule is O=C(O)c1ccc(CN2Cc3ccccc3C2=O)cc1F. The molecule has 2 aromatic rings. The lowest BCUT2D eigenvalue weighted by Crippen LogP contribution is -2.23. The second-order valence-electron chi connectivity index (χ2n) is 4.94. The van der Waals surface area contributed by atoms with Crippen LogP contribution in [-0.2, 0) is 13.1 Å². The number of benzene rings is 2. The Bertz CT molecular complexity index is 742. The number of aromatic carboxylic acids is 1. The van der Waals surface area contributed by atoms with Gasteiger partial charge in [-0.1, -0.05) is 24.3 Å². The molecule has 1 aliphatic rings. The molecule has 0 atom stereocenters. The summed E-state index contributed by atoms with van der Waals surface area (Å²) in [6, 6.07) is 11.3. The maximum absolute atomic E-state index is 13.7. The molecular formula is C16H12FNO3. The Morgan fingerprint density at radius 3 is 2.67 bits per heavy atom. The summed E-state index contributed by atoms with van der Waals surface area (Å²) >= 11 is 0. The van der Waals surface area contributed by atoms with Crippen molar-refractivity contribution in [3.05, 3.63) is 70.5 Å². The van der Waals surface area contributed by atoms with Gasteiger partial charge in [-0.3, -0.25) is 4.79 Å². The van der Waals surface area contributed by atoms with E-state index in [1.807, 2.05) is 18.2 Å². The van der Waals surface area contributed by atoms with Gasteiger partial charge in [0.25, 0.3) is 5.91 Å². The summed E-state index contributed by atoms with van der Waals surface area (Å²) in [6.07, 6.45) is 0. The molecule has 0 fully saturated rings. The smallest absolute Gasteiger partial charge is 0.338 e. The number of rotatable bonds is 3. The van der Waals surface area contributed by atoms with E-state index in [9.17, 15) is 14.0 Å². The molecule has 0 saturated carbocycles. The third kappa shape index (κ3) is 2.38. The van der Waals surface area contributed by atoms with E-state index in [0.717, 1.165) is 5.56 Å². The Labute approximate surface area is 120 Å². The number of hydrogen-bond acceptors (Lipinski definition) is 2. The van der Waals surface area contributed by atoms with E-state index in [1.165, 1.54) is 18.2 Å². The van der Waals surface area contributed by atoms with Crippen LogP contribution in [0.2, 0.25) is 0 Å². The van der Waals surface area contributed by atoms with Gasteiger partial charge in [-0.15, -0.1) is 0 Å². The van der Waals surface area contributed by atoms with Gasteiger partial charge in [0.05, 0.1) is 5.56 Å². The largest absolute Gasteiger partial charge is 0.478 e. The highest BCUT2D eigenvalue weighted by Crippen LogP contribution is 2.24. The van der Waals surface area contributed by atoms with E-state index in [4.69, 9.17) is 5.11 Å². The fourth-order valence-corrected chi connectivity index (χ4v) is 2.49. The average molecular weight is 285 g/mol. The lowest BCUT2D eigenvalue weighted by atomic mass is 10.1. The molecule has 1 N–H and O–H groups in total. The minimum Gasteiger partial charge on any atom is -0.478 e. The molecule has 4 nitrogen and oxygen atoms in total. The van der Waals surface area contributed by atoms with Crippen molar-refractivity contribution < 1.29 is 19.1 Å². The van der Waals surface area contributed by atoms with Gasteiger partial charge in [0.1, 0.15) is 5.82 Å². The van der Waals surface area contributed by atoms with E-state index in [0.29, 0.717) is 17.7 Å². The number of hydrogen-bond donors (Lipinski definition) is 1. The van der Waals surface area contributed by atoms with Crippen LogP contribution in [-0.4, -0.2) is 21.9 Å². The normalized spacial score (nSPS) is 13.4. The molecule has 5 heteroatoms. The zero-order valence-corrected chi connectivity index (χ0v) is 11.0. The molecular weight excluding hydrogens is 273 g/mol. The molecule has 1 amide bonds. The number of fused-ring (bicyclic) bond motifs is 1. The van der Waals surface area contributed by atoms with Crippen LogP contribution in [0.5, 0.6) is 0 Å². The van der Waals surface area contributed by atoms with Crippen LogP contribution < -0.4 is 0 Å². The Hall–Kier alpha value is -2.69. The van der Waals surface area contributed by atoms with Crippen LogP contribution in [0.15, 0.2) is 42.5 Å². The first-order chi connectivity index (χ1) is 10.1. The number of nitrogens with zero attached hydrogens (tertiary/aromatic N) is 1. The maximum atomic E-state index is 13.7. The zero-order chi connectivity index (χ0) is 15.0. The highest BCUT2D eigenvalue weighted by molar-refractivity contribution is 5.98. The van der Waals surface area contributed by atoms with Gasteiger partial charge in [0, 0.05) is 18.7 Å². The lowest BCUT2D eigenvalue weighted by Gasteiger charge is -2.16. The predicted octanol–water partition coefficient (Wildman–Crippen LogP) is 2.68. The first-order valence-corrected chi connectivity index (χ1v) is 6.45. The molecule has 0 unspecified atom stereocenters. The summed E-state index contributed by atoms with van der Waals surface area (Å²) in [5.74, 6) is -2.18. The van der Waals surface area contributed by atoms with Crippen molar-refractivity contribution in [2.75, 3.05) is 0 Å². The van der Waals surface area contributed by atoms with Gasteiger partial charge < -0.3 is 10.0 Å². The molecule has 1 aliphatic heterocycles. The van der Waals surface area contributed by atoms with E-state index in [1.54, 1.807) is 11.0 Å². The van der Waals surface area contributed by atoms with E-state index >= 15 is 0 Å². The lowest BCUT2D eigenvalue weighted by molar-refractivity contribution is 0.0690. The van der Waals surface area contributed by atoms with Crippen molar-refractivity contribution in [1.82, 2.24) is 4.90 Å². The third-order valence-electron chi connectivity index (χ3n) is 3.53. The molecule has 3 rings (SSSR count). The van der Waals surface area contributed by atoms with Gasteiger partial charge >= 0.3 is 5.97 Å². The highest BCUT2D eigenvalue weighted by atomic mass is 19.1. The quantitative estimate of drug-likeness (QED) is 0.943. The van der Waals surface area contributed by atoms with Gasteiger partial charge in [0.15, 0.2) is 0 Å². The Balaban J connectivity index is 1.81. The van der Waals surface area contributed by atoms with Crippen LogP contribution in [0.25, 0.3) is 0 Å². The predicted molar refractivity (Wildman–Crippen MR) is 73.4 cm³/mol. The van der Waals surface area contributed by atoms with E-state index < -0.39 is 11.8 Å². The first-order valence-electron chi connectivity index (χ1n) is 6.45. The molecule has 2 aromatic carbocycles.